The number of hydrazone groups is 1. The van der Waals surface area contributed by atoms with Crippen LogP contribution in [0.3, 0.4) is 0 Å². The van der Waals surface area contributed by atoms with Crippen molar-refractivity contribution in [2.75, 3.05) is 0 Å². The summed E-state index contributed by atoms with van der Waals surface area (Å²) in [6.07, 6.45) is 0.464. The molecule has 15 heavy (non-hydrogen) atoms. The van der Waals surface area contributed by atoms with Crippen LogP contribution in [0.2, 0.25) is 0 Å². The fourth-order valence-corrected chi connectivity index (χ4v) is 1.71. The predicted molar refractivity (Wildman–Crippen MR) is 59.5 cm³/mol. The molecule has 0 aliphatic carbocycles. The Morgan fingerprint density at radius 3 is 2.80 bits per heavy atom. The van der Waals surface area contributed by atoms with Crippen LogP contribution in [-0.2, 0) is 11.3 Å². The molecule has 0 saturated heterocycles. The molecule has 1 aromatic rings. The Morgan fingerprint density at radius 1 is 1.40 bits per heavy atom. The lowest BCUT2D eigenvalue weighted by molar-refractivity contribution is -0.129. The van der Waals surface area contributed by atoms with E-state index in [0.29, 0.717) is 13.0 Å². The number of rotatable bonds is 2. The molecule has 0 bridgehead atoms. The molecule has 0 saturated carbocycles. The largest absolute Gasteiger partial charge is 0.273 e. The van der Waals surface area contributed by atoms with Gasteiger partial charge in [0.1, 0.15) is 0 Å². The van der Waals surface area contributed by atoms with Crippen LogP contribution >= 0.6 is 0 Å². The Labute approximate surface area is 89.4 Å². The summed E-state index contributed by atoms with van der Waals surface area (Å²) >= 11 is 0. The maximum absolute atomic E-state index is 11.5. The highest BCUT2D eigenvalue weighted by Gasteiger charge is 2.20. The van der Waals surface area contributed by atoms with Gasteiger partial charge in [-0.05, 0) is 19.4 Å². The molecule has 2 rings (SSSR count). The summed E-state index contributed by atoms with van der Waals surface area (Å²) < 4.78 is 0. The first-order valence-electron chi connectivity index (χ1n) is 5.05. The van der Waals surface area contributed by atoms with Gasteiger partial charge in [0, 0.05) is 5.71 Å². The Balaban J connectivity index is 2.12. The quantitative estimate of drug-likeness (QED) is 0.722. The minimum absolute atomic E-state index is 0.0917. The highest BCUT2D eigenvalue weighted by atomic mass is 16.2. The lowest BCUT2D eigenvalue weighted by atomic mass is 10.1. The van der Waals surface area contributed by atoms with Crippen LogP contribution in [0, 0.1) is 6.92 Å². The van der Waals surface area contributed by atoms with Crippen molar-refractivity contribution in [1.82, 2.24) is 5.01 Å². The predicted octanol–water partition coefficient (Wildman–Crippen LogP) is 2.10. The molecule has 1 aromatic carbocycles. The van der Waals surface area contributed by atoms with Gasteiger partial charge in [0.25, 0.3) is 0 Å². The molecule has 0 atom stereocenters. The molecular weight excluding hydrogens is 188 g/mol. The van der Waals surface area contributed by atoms with Crippen molar-refractivity contribution < 1.29 is 4.79 Å². The first-order chi connectivity index (χ1) is 7.15. The smallest absolute Gasteiger partial charge is 0.248 e. The molecule has 0 fully saturated rings. The SMILES string of the molecule is CC1=NN(Cc2cccc(C)c2)C(=O)C1. The van der Waals surface area contributed by atoms with Crippen molar-refractivity contribution in [2.24, 2.45) is 5.10 Å². The Kier molecular flexibility index (Phi) is 2.54. The molecular formula is C12H14N2O. The summed E-state index contributed by atoms with van der Waals surface area (Å²) in [5.74, 6) is 0.0917. The molecule has 3 nitrogen and oxygen atoms in total. The van der Waals surface area contributed by atoms with Gasteiger partial charge >= 0.3 is 0 Å². The minimum Gasteiger partial charge on any atom is -0.273 e. The van der Waals surface area contributed by atoms with Crippen molar-refractivity contribution in [3.63, 3.8) is 0 Å². The van der Waals surface area contributed by atoms with Crippen LogP contribution in [0.25, 0.3) is 0 Å². The third-order valence-electron chi connectivity index (χ3n) is 2.40. The van der Waals surface area contributed by atoms with Gasteiger partial charge < -0.3 is 0 Å². The first-order valence-corrected chi connectivity index (χ1v) is 5.05. The zero-order valence-corrected chi connectivity index (χ0v) is 9.03. The zero-order valence-electron chi connectivity index (χ0n) is 9.03. The van der Waals surface area contributed by atoms with Crippen LogP contribution in [0.1, 0.15) is 24.5 Å². The molecule has 0 radical (unpaired) electrons. The monoisotopic (exact) mass is 202 g/mol. The summed E-state index contributed by atoms with van der Waals surface area (Å²) in [6, 6.07) is 8.14. The van der Waals surface area contributed by atoms with Gasteiger partial charge in [-0.3, -0.25) is 4.79 Å². The van der Waals surface area contributed by atoms with E-state index in [4.69, 9.17) is 0 Å². The van der Waals surface area contributed by atoms with E-state index in [2.05, 4.69) is 11.2 Å². The molecule has 0 spiro atoms. The molecule has 0 N–H and O–H groups in total. The average Bonchev–Trinajstić information content (AvgIpc) is 2.45. The number of carbonyl (C=O) groups excluding carboxylic acids is 1. The van der Waals surface area contributed by atoms with Gasteiger partial charge in [-0.2, -0.15) is 5.10 Å². The summed E-state index contributed by atoms with van der Waals surface area (Å²) in [6.45, 7) is 4.51. The number of hydrogen-bond acceptors (Lipinski definition) is 2. The fraction of sp³-hybridized carbons (Fsp3) is 0.333. The van der Waals surface area contributed by atoms with Gasteiger partial charge in [-0.1, -0.05) is 29.8 Å². The van der Waals surface area contributed by atoms with E-state index < -0.39 is 0 Å². The number of aryl methyl sites for hydroxylation is 1. The Bertz CT molecular complexity index is 423. The van der Waals surface area contributed by atoms with E-state index in [9.17, 15) is 4.79 Å². The normalized spacial score (nSPS) is 15.7. The van der Waals surface area contributed by atoms with Gasteiger partial charge in [0.05, 0.1) is 13.0 Å². The number of nitrogens with zero attached hydrogens (tertiary/aromatic N) is 2. The van der Waals surface area contributed by atoms with Gasteiger partial charge in [-0.15, -0.1) is 0 Å². The maximum atomic E-state index is 11.5. The second-order valence-corrected chi connectivity index (χ2v) is 3.95. The van der Waals surface area contributed by atoms with Crippen molar-refractivity contribution in [3.8, 4) is 0 Å². The first kappa shape index (κ1) is 9.90. The van der Waals surface area contributed by atoms with Gasteiger partial charge in [0.15, 0.2) is 0 Å². The topological polar surface area (TPSA) is 32.7 Å². The van der Waals surface area contributed by atoms with Gasteiger partial charge in [-0.25, -0.2) is 5.01 Å². The van der Waals surface area contributed by atoms with E-state index >= 15 is 0 Å². The number of benzene rings is 1. The van der Waals surface area contributed by atoms with Crippen LogP contribution in [-0.4, -0.2) is 16.6 Å². The van der Waals surface area contributed by atoms with Gasteiger partial charge in [0.2, 0.25) is 5.91 Å². The molecule has 1 aliphatic heterocycles. The number of carbonyl (C=O) groups is 1. The van der Waals surface area contributed by atoms with Crippen molar-refractivity contribution in [2.45, 2.75) is 26.8 Å². The molecule has 1 amide bonds. The Hall–Kier alpha value is -1.64. The lowest BCUT2D eigenvalue weighted by Crippen LogP contribution is -2.20. The minimum atomic E-state index is 0.0917. The molecule has 1 aliphatic rings. The standard InChI is InChI=1S/C12H14N2O/c1-9-4-3-5-11(6-9)8-14-12(15)7-10(2)13-14/h3-6H,7-8H2,1-2H3. The molecule has 1 heterocycles. The molecule has 0 unspecified atom stereocenters. The second kappa shape index (κ2) is 3.85. The van der Waals surface area contributed by atoms with Crippen molar-refractivity contribution in [1.29, 1.82) is 0 Å². The van der Waals surface area contributed by atoms with E-state index in [1.54, 1.807) is 5.01 Å². The average molecular weight is 202 g/mol. The van der Waals surface area contributed by atoms with E-state index in [1.807, 2.05) is 32.0 Å². The van der Waals surface area contributed by atoms with Crippen LogP contribution in [0.5, 0.6) is 0 Å². The number of amides is 1. The third-order valence-corrected chi connectivity index (χ3v) is 2.40. The van der Waals surface area contributed by atoms with Crippen molar-refractivity contribution in [3.05, 3.63) is 35.4 Å². The van der Waals surface area contributed by atoms with Crippen LogP contribution < -0.4 is 0 Å². The highest BCUT2D eigenvalue weighted by Crippen LogP contribution is 2.13. The fourth-order valence-electron chi connectivity index (χ4n) is 1.71. The van der Waals surface area contributed by atoms with E-state index in [-0.39, 0.29) is 5.91 Å². The zero-order chi connectivity index (χ0) is 10.8. The maximum Gasteiger partial charge on any atom is 0.248 e. The van der Waals surface area contributed by atoms with E-state index in [0.717, 1.165) is 11.3 Å². The molecule has 0 aromatic heterocycles. The summed E-state index contributed by atoms with van der Waals surface area (Å²) in [5, 5.41) is 5.74. The Morgan fingerprint density at radius 2 is 2.20 bits per heavy atom. The summed E-state index contributed by atoms with van der Waals surface area (Å²) in [4.78, 5) is 11.5. The number of hydrogen-bond donors (Lipinski definition) is 0. The second-order valence-electron chi connectivity index (χ2n) is 3.95. The summed E-state index contributed by atoms with van der Waals surface area (Å²) in [7, 11) is 0. The third kappa shape index (κ3) is 2.24. The van der Waals surface area contributed by atoms with Crippen LogP contribution in [0.4, 0.5) is 0 Å². The van der Waals surface area contributed by atoms with E-state index in [1.165, 1.54) is 5.56 Å². The molecule has 3 heteroatoms. The lowest BCUT2D eigenvalue weighted by Gasteiger charge is -2.11. The summed E-state index contributed by atoms with van der Waals surface area (Å²) in [5.41, 5.74) is 3.23. The molecule has 78 valence electrons. The highest BCUT2D eigenvalue weighted by molar-refractivity contribution is 6.03. The van der Waals surface area contributed by atoms with Crippen molar-refractivity contribution >= 4 is 11.6 Å². The van der Waals surface area contributed by atoms with Crippen LogP contribution in [0.15, 0.2) is 29.4 Å².